The van der Waals surface area contributed by atoms with Crippen molar-refractivity contribution in [3.8, 4) is 0 Å². The smallest absolute Gasteiger partial charge is 0.0491 e. The van der Waals surface area contributed by atoms with Crippen LogP contribution in [-0.4, -0.2) is 0 Å². The summed E-state index contributed by atoms with van der Waals surface area (Å²) >= 11 is 25.2. The summed E-state index contributed by atoms with van der Waals surface area (Å²) in [5.74, 6) is 0. The predicted molar refractivity (Wildman–Crippen MR) is 91.8 cm³/mol. The van der Waals surface area contributed by atoms with Crippen molar-refractivity contribution in [1.29, 1.82) is 0 Å². The first-order valence-electron chi connectivity index (χ1n) is 5.78. The average molecular weight is 342 g/mol. The van der Waals surface area contributed by atoms with Crippen LogP contribution in [0.1, 0.15) is 0 Å². The lowest BCUT2D eigenvalue weighted by Gasteiger charge is -2.11. The first-order chi connectivity index (χ1) is 9.43. The van der Waals surface area contributed by atoms with Gasteiger partial charge in [-0.3, -0.25) is 0 Å². The van der Waals surface area contributed by atoms with Crippen LogP contribution < -0.4 is 10.4 Å². The fraction of sp³-hybridized carbons (Fsp3) is 0. The van der Waals surface area contributed by atoms with Gasteiger partial charge in [-0.05, 0) is 34.7 Å². The third-order valence-electron chi connectivity index (χ3n) is 3.41. The summed E-state index contributed by atoms with van der Waals surface area (Å²) in [7, 11) is 0. The summed E-state index contributed by atoms with van der Waals surface area (Å²) < 4.78 is 0. The highest BCUT2D eigenvalue weighted by molar-refractivity contribution is 6.44. The van der Waals surface area contributed by atoms with Crippen LogP contribution in [0.25, 0.3) is 34.7 Å². The molecule has 0 amide bonds. The Kier molecular flexibility index (Phi) is 3.38. The van der Waals surface area contributed by atoms with Crippen LogP contribution in [-0.2, 0) is 0 Å². The third kappa shape index (κ3) is 1.83. The molecule has 0 spiro atoms. The van der Waals surface area contributed by atoms with Crippen LogP contribution in [0, 0.1) is 0 Å². The fourth-order valence-electron chi connectivity index (χ4n) is 2.53. The van der Waals surface area contributed by atoms with Gasteiger partial charge in [-0.15, -0.1) is 0 Å². The molecule has 0 aromatic heterocycles. The van der Waals surface area contributed by atoms with Gasteiger partial charge < -0.3 is 0 Å². The summed E-state index contributed by atoms with van der Waals surface area (Å²) in [6.07, 6.45) is 0. The molecule has 0 bridgehead atoms. The number of halogens is 4. The van der Waals surface area contributed by atoms with Crippen molar-refractivity contribution in [2.75, 3.05) is 0 Å². The average Bonchev–Trinajstić information content (AvgIpc) is 2.41. The van der Waals surface area contributed by atoms with Crippen LogP contribution in [0.2, 0.25) is 20.1 Å². The van der Waals surface area contributed by atoms with Crippen molar-refractivity contribution in [3.05, 3.63) is 54.8 Å². The number of rotatable bonds is 0. The minimum absolute atomic E-state index is 0.567. The minimum Gasteiger partial charge on any atom is -0.0904 e. The van der Waals surface area contributed by atoms with Crippen molar-refractivity contribution in [1.82, 2.24) is 0 Å². The van der Waals surface area contributed by atoms with Crippen molar-refractivity contribution in [2.45, 2.75) is 0 Å². The molecule has 0 fully saturated rings. The number of benzene rings is 3. The SMILES string of the molecule is C=c1c2c(Cl)ccc(Cl)c2c(=C)c2c(Cl)ccc(Cl)c12. The first-order valence-corrected chi connectivity index (χ1v) is 7.30. The van der Waals surface area contributed by atoms with Gasteiger partial charge in [-0.1, -0.05) is 59.6 Å². The van der Waals surface area contributed by atoms with E-state index in [0.29, 0.717) is 30.5 Å². The normalized spacial score (nSPS) is 11.4. The van der Waals surface area contributed by atoms with Gasteiger partial charge in [0.2, 0.25) is 0 Å². The minimum atomic E-state index is 0.567. The second kappa shape index (κ2) is 4.82. The molecule has 0 unspecified atom stereocenters. The molecule has 0 nitrogen and oxygen atoms in total. The standard InChI is InChI=1S/C16H8Cl4/c1-7-13-9(17)3-5-11(19)15(13)8(2)16-12(20)6-4-10(18)14(7)16/h3-6H,1-2H2. The Morgan fingerprint density at radius 3 is 0.900 bits per heavy atom. The molecule has 0 N–H and O–H groups in total. The molecule has 4 heteroatoms. The lowest BCUT2D eigenvalue weighted by atomic mass is 9.98. The summed E-state index contributed by atoms with van der Waals surface area (Å²) in [5, 5.41) is 6.75. The van der Waals surface area contributed by atoms with Gasteiger partial charge in [-0.2, -0.15) is 0 Å². The predicted octanol–water partition coefficient (Wildman–Crippen LogP) is 5.43. The molecule has 3 aromatic rings. The molecule has 0 saturated heterocycles. The second-order valence-electron chi connectivity index (χ2n) is 4.52. The molecule has 3 aromatic carbocycles. The van der Waals surface area contributed by atoms with Crippen molar-refractivity contribution >= 4 is 81.1 Å². The van der Waals surface area contributed by atoms with E-state index in [1.54, 1.807) is 24.3 Å². The fourth-order valence-corrected chi connectivity index (χ4v) is 3.62. The highest BCUT2D eigenvalue weighted by Gasteiger charge is 2.13. The van der Waals surface area contributed by atoms with Gasteiger partial charge in [0.05, 0.1) is 0 Å². The Balaban J connectivity index is 2.86. The Morgan fingerprint density at radius 2 is 0.700 bits per heavy atom. The van der Waals surface area contributed by atoms with E-state index in [-0.39, 0.29) is 0 Å². The molecule has 0 radical (unpaired) electrons. The Bertz CT molecular complexity index is 819. The number of hydrogen-bond donors (Lipinski definition) is 0. The van der Waals surface area contributed by atoms with E-state index in [1.807, 2.05) is 0 Å². The molecular formula is C16H8Cl4. The zero-order chi connectivity index (χ0) is 14.6. The van der Waals surface area contributed by atoms with E-state index in [0.717, 1.165) is 21.5 Å². The molecule has 0 aliphatic heterocycles. The maximum atomic E-state index is 6.30. The maximum Gasteiger partial charge on any atom is 0.0491 e. The van der Waals surface area contributed by atoms with Crippen LogP contribution in [0.15, 0.2) is 24.3 Å². The summed E-state index contributed by atoms with van der Waals surface area (Å²) in [6, 6.07) is 6.96. The quantitative estimate of drug-likeness (QED) is 0.478. The topological polar surface area (TPSA) is 0 Å². The zero-order valence-electron chi connectivity index (χ0n) is 10.2. The molecular weight excluding hydrogens is 334 g/mol. The monoisotopic (exact) mass is 340 g/mol. The summed E-state index contributed by atoms with van der Waals surface area (Å²) in [6.45, 7) is 8.22. The van der Waals surface area contributed by atoms with Gasteiger partial charge in [0, 0.05) is 41.6 Å². The molecule has 0 aliphatic carbocycles. The van der Waals surface area contributed by atoms with E-state index in [2.05, 4.69) is 13.2 Å². The van der Waals surface area contributed by atoms with Crippen LogP contribution in [0.5, 0.6) is 0 Å². The molecule has 0 saturated carbocycles. The number of fused-ring (bicyclic) bond motifs is 2. The van der Waals surface area contributed by atoms with Gasteiger partial charge in [-0.25, -0.2) is 0 Å². The van der Waals surface area contributed by atoms with E-state index in [4.69, 9.17) is 46.4 Å². The Hall–Kier alpha value is -0.920. The van der Waals surface area contributed by atoms with Crippen LogP contribution in [0.3, 0.4) is 0 Å². The third-order valence-corrected chi connectivity index (χ3v) is 4.67. The van der Waals surface area contributed by atoms with Crippen molar-refractivity contribution in [3.63, 3.8) is 0 Å². The van der Waals surface area contributed by atoms with Gasteiger partial charge in [0.1, 0.15) is 0 Å². The van der Waals surface area contributed by atoms with Gasteiger partial charge in [0.25, 0.3) is 0 Å². The van der Waals surface area contributed by atoms with Crippen LogP contribution in [0.4, 0.5) is 0 Å². The lowest BCUT2D eigenvalue weighted by Crippen LogP contribution is -2.14. The van der Waals surface area contributed by atoms with Gasteiger partial charge in [0.15, 0.2) is 0 Å². The van der Waals surface area contributed by atoms with E-state index in [1.165, 1.54) is 0 Å². The summed E-state index contributed by atoms with van der Waals surface area (Å²) in [4.78, 5) is 0. The number of hydrogen-bond acceptors (Lipinski definition) is 0. The highest BCUT2D eigenvalue weighted by Crippen LogP contribution is 2.31. The van der Waals surface area contributed by atoms with E-state index < -0.39 is 0 Å². The molecule has 20 heavy (non-hydrogen) atoms. The van der Waals surface area contributed by atoms with Crippen LogP contribution >= 0.6 is 46.4 Å². The zero-order valence-corrected chi connectivity index (χ0v) is 13.3. The molecule has 100 valence electrons. The highest BCUT2D eigenvalue weighted by atomic mass is 35.5. The van der Waals surface area contributed by atoms with Crippen molar-refractivity contribution < 1.29 is 0 Å². The van der Waals surface area contributed by atoms with Gasteiger partial charge >= 0.3 is 0 Å². The Morgan fingerprint density at radius 1 is 0.500 bits per heavy atom. The van der Waals surface area contributed by atoms with E-state index >= 15 is 0 Å². The lowest BCUT2D eigenvalue weighted by molar-refractivity contribution is 1.69. The molecule has 0 atom stereocenters. The first kappa shape index (κ1) is 14.0. The summed E-state index contributed by atoms with van der Waals surface area (Å²) in [5.41, 5.74) is 0. The molecule has 3 rings (SSSR count). The van der Waals surface area contributed by atoms with Crippen molar-refractivity contribution in [2.24, 2.45) is 0 Å². The van der Waals surface area contributed by atoms with E-state index in [9.17, 15) is 0 Å². The molecule has 0 heterocycles. The maximum absolute atomic E-state index is 6.30. The largest absolute Gasteiger partial charge is 0.0904 e. The Labute approximate surface area is 135 Å². The molecule has 0 aliphatic rings. The second-order valence-corrected chi connectivity index (χ2v) is 6.14.